The first kappa shape index (κ1) is 10.0. The quantitative estimate of drug-likeness (QED) is 0.384. The maximum atomic E-state index is 10.4. The molecule has 0 aromatic rings. The maximum Gasteiger partial charge on any atom is 0.191 e. The van der Waals surface area contributed by atoms with Crippen molar-refractivity contribution in [3.05, 3.63) is 0 Å². The van der Waals surface area contributed by atoms with E-state index in [1.54, 1.807) is 0 Å². The Labute approximate surface area is 70.7 Å². The van der Waals surface area contributed by atoms with Gasteiger partial charge in [0.2, 0.25) is 0 Å². The highest BCUT2D eigenvalue weighted by atomic mass is 32.2. The van der Waals surface area contributed by atoms with E-state index in [1.807, 2.05) is 6.92 Å². The third kappa shape index (κ3) is 6.16. The molecule has 0 aromatic heterocycles. The van der Waals surface area contributed by atoms with Crippen LogP contribution in [-0.4, -0.2) is 15.4 Å². The number of carbonyl (C=O) groups excluding carboxylic acids is 1. The number of carbonyl (C=O) groups is 1. The van der Waals surface area contributed by atoms with Gasteiger partial charge in [-0.15, -0.1) is 0 Å². The Bertz CT molecular complexity index is 145. The molecule has 0 aliphatic rings. The lowest BCUT2D eigenvalue weighted by Crippen LogP contribution is -2.01. The summed E-state index contributed by atoms with van der Waals surface area (Å²) in [5.74, 6) is 0. The molecule has 0 fully saturated rings. The molecule has 0 amide bonds. The van der Waals surface area contributed by atoms with Crippen LogP contribution in [0.3, 0.4) is 0 Å². The highest BCUT2D eigenvalue weighted by Gasteiger charge is 2.04. The summed E-state index contributed by atoms with van der Waals surface area (Å²) in [6.45, 7) is 3.36. The zero-order valence-corrected chi connectivity index (χ0v) is 7.76. The molecule has 2 nitrogen and oxygen atoms in total. The van der Waals surface area contributed by atoms with Gasteiger partial charge in [0, 0.05) is 18.6 Å². The van der Waals surface area contributed by atoms with Crippen molar-refractivity contribution < 1.29 is 4.79 Å². The maximum absolute atomic E-state index is 10.4. The van der Waals surface area contributed by atoms with E-state index in [4.69, 9.17) is 5.41 Å². The highest BCUT2D eigenvalue weighted by molar-refractivity contribution is 8.26. The van der Waals surface area contributed by atoms with Gasteiger partial charge in [-0.05, 0) is 11.8 Å². The second-order valence-electron chi connectivity index (χ2n) is 2.07. The second-order valence-corrected chi connectivity index (χ2v) is 4.22. The van der Waals surface area contributed by atoms with Crippen molar-refractivity contribution >= 4 is 34.5 Å². The van der Waals surface area contributed by atoms with Crippen LogP contribution in [0.25, 0.3) is 0 Å². The summed E-state index contributed by atoms with van der Waals surface area (Å²) in [4.78, 5) is 10.4. The number of hydrogen-bond donors (Lipinski definition) is 2. The molecule has 58 valence electrons. The van der Waals surface area contributed by atoms with Crippen molar-refractivity contribution in [3.8, 4) is 0 Å². The van der Waals surface area contributed by atoms with Gasteiger partial charge in [0.1, 0.15) is 0 Å². The smallest absolute Gasteiger partial charge is 0.191 e. The molecule has 0 bridgehead atoms. The van der Waals surface area contributed by atoms with E-state index >= 15 is 0 Å². The zero-order valence-electron chi connectivity index (χ0n) is 6.05. The van der Waals surface area contributed by atoms with Gasteiger partial charge in [0.25, 0.3) is 0 Å². The first-order valence-electron chi connectivity index (χ1n) is 2.96. The molecule has 0 aliphatic heterocycles. The van der Waals surface area contributed by atoms with E-state index in [1.165, 1.54) is 6.92 Å². The molecule has 0 saturated heterocycles. The van der Waals surface area contributed by atoms with Crippen molar-refractivity contribution in [1.82, 2.24) is 0 Å². The Morgan fingerprint density at radius 2 is 2.30 bits per heavy atom. The fourth-order valence-electron chi connectivity index (χ4n) is 0.483. The molecule has 0 saturated carbocycles. The molecule has 0 rings (SSSR count). The van der Waals surface area contributed by atoms with Crippen LogP contribution in [0.4, 0.5) is 0 Å². The van der Waals surface area contributed by atoms with Crippen molar-refractivity contribution in [2.75, 3.05) is 0 Å². The zero-order chi connectivity index (χ0) is 8.15. The van der Waals surface area contributed by atoms with Crippen LogP contribution in [0.15, 0.2) is 0 Å². The summed E-state index contributed by atoms with van der Waals surface area (Å²) in [5, 5.41) is 7.78. The average molecular weight is 177 g/mol. The average Bonchev–Trinajstić information content (AvgIpc) is 1.58. The third-order valence-corrected chi connectivity index (χ3v) is 1.63. The summed E-state index contributed by atoms with van der Waals surface area (Å²) in [5.41, 5.74) is 0. The summed E-state index contributed by atoms with van der Waals surface area (Å²) >= 11 is 5.07. The fourth-order valence-corrected chi connectivity index (χ4v) is 1.47. The van der Waals surface area contributed by atoms with Crippen LogP contribution in [0.1, 0.15) is 20.3 Å². The number of thiol groups is 1. The van der Waals surface area contributed by atoms with Gasteiger partial charge >= 0.3 is 0 Å². The van der Waals surface area contributed by atoms with Crippen LogP contribution >= 0.6 is 24.4 Å². The minimum Gasteiger partial charge on any atom is -0.298 e. The summed E-state index contributed by atoms with van der Waals surface area (Å²) in [6.07, 6.45) is 0.577. The lowest BCUT2D eigenvalue weighted by Gasteiger charge is -2.01. The first-order valence-corrected chi connectivity index (χ1v) is 4.29. The van der Waals surface area contributed by atoms with Crippen molar-refractivity contribution in [2.45, 2.75) is 25.5 Å². The van der Waals surface area contributed by atoms with E-state index in [2.05, 4.69) is 12.6 Å². The molecule has 4 heteroatoms. The van der Waals surface area contributed by atoms with Crippen LogP contribution in [-0.2, 0) is 4.79 Å². The van der Waals surface area contributed by atoms with Gasteiger partial charge in [0.15, 0.2) is 5.12 Å². The van der Waals surface area contributed by atoms with Crippen LogP contribution < -0.4 is 0 Å². The van der Waals surface area contributed by atoms with Crippen molar-refractivity contribution in [1.29, 1.82) is 5.41 Å². The molecular formula is C6H11NOS2. The summed E-state index contributed by atoms with van der Waals surface area (Å²) in [6, 6.07) is 0. The molecule has 0 aromatic carbocycles. The lowest BCUT2D eigenvalue weighted by atomic mass is 10.3. The van der Waals surface area contributed by atoms with Gasteiger partial charge in [-0.2, -0.15) is 12.6 Å². The SMILES string of the molecule is CC(=O)SC(=N)CC(C)S. The normalized spacial score (nSPS) is 12.7. The molecule has 1 atom stereocenters. The minimum absolute atomic E-state index is 0.0287. The monoisotopic (exact) mass is 177 g/mol. The number of hydrogen-bond acceptors (Lipinski definition) is 4. The fraction of sp³-hybridized carbons (Fsp3) is 0.667. The Morgan fingerprint density at radius 3 is 2.60 bits per heavy atom. The van der Waals surface area contributed by atoms with Crippen LogP contribution in [0, 0.1) is 5.41 Å². The van der Waals surface area contributed by atoms with E-state index in [9.17, 15) is 4.79 Å². The number of nitrogens with one attached hydrogen (secondary N) is 1. The van der Waals surface area contributed by atoms with Gasteiger partial charge in [-0.25, -0.2) is 0 Å². The largest absolute Gasteiger partial charge is 0.298 e. The molecule has 0 spiro atoms. The molecular weight excluding hydrogens is 166 g/mol. The molecule has 1 N–H and O–H groups in total. The Hall–Kier alpha value is 0.0400. The topological polar surface area (TPSA) is 40.9 Å². The van der Waals surface area contributed by atoms with Gasteiger partial charge in [0.05, 0.1) is 5.04 Å². The van der Waals surface area contributed by atoms with Gasteiger partial charge in [-0.3, -0.25) is 10.2 Å². The Balaban J connectivity index is 3.54. The third-order valence-electron chi connectivity index (χ3n) is 0.748. The van der Waals surface area contributed by atoms with Gasteiger partial charge < -0.3 is 0 Å². The Morgan fingerprint density at radius 1 is 1.80 bits per heavy atom. The lowest BCUT2D eigenvalue weighted by molar-refractivity contribution is -0.109. The van der Waals surface area contributed by atoms with Crippen molar-refractivity contribution in [2.24, 2.45) is 0 Å². The second kappa shape index (κ2) is 4.79. The van der Waals surface area contributed by atoms with E-state index in [-0.39, 0.29) is 10.4 Å². The summed E-state index contributed by atoms with van der Waals surface area (Å²) in [7, 11) is 0. The molecule has 0 aliphatic carbocycles. The standard InChI is InChI=1S/C6H11NOS2/c1-4(9)3-6(7)10-5(2)8/h4,7,9H,3H2,1-2H3. The van der Waals surface area contributed by atoms with E-state index < -0.39 is 0 Å². The number of thioether (sulfide) groups is 1. The van der Waals surface area contributed by atoms with Crippen LogP contribution in [0.2, 0.25) is 0 Å². The van der Waals surface area contributed by atoms with E-state index in [0.717, 1.165) is 11.8 Å². The predicted octanol–water partition coefficient (Wildman–Crippen LogP) is 1.95. The molecule has 10 heavy (non-hydrogen) atoms. The Kier molecular flexibility index (Phi) is 4.81. The predicted molar refractivity (Wildman–Crippen MR) is 49.1 cm³/mol. The first-order chi connectivity index (χ1) is 4.52. The molecule has 0 radical (unpaired) electrons. The van der Waals surface area contributed by atoms with Crippen molar-refractivity contribution in [3.63, 3.8) is 0 Å². The molecule has 1 unspecified atom stereocenters. The van der Waals surface area contributed by atoms with E-state index in [0.29, 0.717) is 11.5 Å². The summed E-state index contributed by atoms with van der Waals surface area (Å²) < 4.78 is 0. The van der Waals surface area contributed by atoms with Crippen LogP contribution in [0.5, 0.6) is 0 Å². The molecule has 0 heterocycles. The number of rotatable bonds is 2. The highest BCUT2D eigenvalue weighted by Crippen LogP contribution is 2.11. The minimum atomic E-state index is -0.0287. The van der Waals surface area contributed by atoms with Gasteiger partial charge in [-0.1, -0.05) is 6.92 Å².